The Bertz CT molecular complexity index is 752. The maximum atomic E-state index is 12.4. The lowest BCUT2D eigenvalue weighted by Gasteiger charge is -2.32. The fourth-order valence-electron chi connectivity index (χ4n) is 2.27. The smallest absolute Gasteiger partial charge is 0.269 e. The third-order valence-corrected chi connectivity index (χ3v) is 3.96. The van der Waals surface area contributed by atoms with Crippen molar-refractivity contribution in [2.24, 2.45) is 0 Å². The normalized spacial score (nSPS) is 17.1. The Balaban J connectivity index is 2.01. The predicted molar refractivity (Wildman–Crippen MR) is 86.4 cm³/mol. The Morgan fingerprint density at radius 1 is 1.32 bits per heavy atom. The van der Waals surface area contributed by atoms with Crippen molar-refractivity contribution >= 4 is 40.7 Å². The van der Waals surface area contributed by atoms with Crippen LogP contribution in [-0.2, 0) is 11.3 Å². The van der Waals surface area contributed by atoms with E-state index in [0.29, 0.717) is 27.4 Å². The fraction of sp³-hybridized carbons (Fsp3) is 0.200. The van der Waals surface area contributed by atoms with E-state index in [4.69, 9.17) is 33.7 Å². The summed E-state index contributed by atoms with van der Waals surface area (Å²) < 4.78 is 5.55. The molecule has 114 valence electrons. The average Bonchev–Trinajstić information content (AvgIpc) is 2.47. The first-order valence-electron chi connectivity index (χ1n) is 6.64. The number of ether oxygens (including phenoxy) is 1. The van der Waals surface area contributed by atoms with Gasteiger partial charge in [0.25, 0.3) is 5.91 Å². The van der Waals surface area contributed by atoms with Crippen LogP contribution in [-0.4, -0.2) is 17.0 Å². The van der Waals surface area contributed by atoms with Gasteiger partial charge in [0.1, 0.15) is 5.82 Å². The molecular weight excluding hydrogens is 325 g/mol. The fourth-order valence-corrected chi connectivity index (χ4v) is 2.74. The number of nitrogens with two attached hydrogens (primary N) is 1. The highest BCUT2D eigenvalue weighted by Gasteiger charge is 2.33. The van der Waals surface area contributed by atoms with Crippen LogP contribution in [0.2, 0.25) is 10.0 Å². The molecule has 1 amide bonds. The summed E-state index contributed by atoms with van der Waals surface area (Å²) in [5.74, 6) is 1.04. The van der Waals surface area contributed by atoms with Gasteiger partial charge in [-0.05, 0) is 36.8 Å². The highest BCUT2D eigenvalue weighted by molar-refractivity contribution is 6.35. The van der Waals surface area contributed by atoms with Crippen LogP contribution in [0.25, 0.3) is 0 Å². The van der Waals surface area contributed by atoms with Gasteiger partial charge in [0.05, 0.1) is 6.54 Å². The molecule has 2 heterocycles. The first kappa shape index (κ1) is 14.9. The molecule has 0 bridgehead atoms. The molecule has 1 aromatic carbocycles. The number of nitrogen functional groups attached to an aromatic ring is 1. The number of halogens is 2. The number of hydrogen-bond donors (Lipinski definition) is 1. The van der Waals surface area contributed by atoms with Crippen molar-refractivity contribution in [3.63, 3.8) is 0 Å². The van der Waals surface area contributed by atoms with Crippen LogP contribution < -0.4 is 15.4 Å². The lowest BCUT2D eigenvalue weighted by atomic mass is 10.1. The molecule has 1 aromatic heterocycles. The molecule has 1 atom stereocenters. The standard InChI is InChI=1S/C15H13Cl2N3O2/c1-8-15(21)20(7-9-2-3-10(16)6-11(9)17)14-12(22-8)4-5-13(18)19-14/h2-6,8H,7H2,1H3,(H2,18,19). The predicted octanol–water partition coefficient (Wildman–Crippen LogP) is 3.28. The van der Waals surface area contributed by atoms with E-state index in [1.165, 1.54) is 4.90 Å². The molecule has 0 fully saturated rings. The zero-order valence-corrected chi connectivity index (χ0v) is 13.2. The largest absolute Gasteiger partial charge is 0.477 e. The van der Waals surface area contributed by atoms with E-state index in [-0.39, 0.29) is 12.5 Å². The van der Waals surface area contributed by atoms with E-state index in [2.05, 4.69) is 4.98 Å². The number of carbonyl (C=O) groups is 1. The number of nitrogens with zero attached hydrogens (tertiary/aromatic N) is 2. The van der Waals surface area contributed by atoms with Gasteiger partial charge in [0, 0.05) is 10.0 Å². The number of hydrogen-bond acceptors (Lipinski definition) is 4. The minimum Gasteiger partial charge on any atom is -0.477 e. The Hall–Kier alpha value is -1.98. The Morgan fingerprint density at radius 3 is 2.82 bits per heavy atom. The third-order valence-electron chi connectivity index (χ3n) is 3.38. The Morgan fingerprint density at radius 2 is 2.09 bits per heavy atom. The molecule has 7 heteroatoms. The van der Waals surface area contributed by atoms with Gasteiger partial charge in [0.2, 0.25) is 0 Å². The highest BCUT2D eigenvalue weighted by Crippen LogP contribution is 2.35. The van der Waals surface area contributed by atoms with Crippen LogP contribution in [0.3, 0.4) is 0 Å². The Labute approximate surface area is 137 Å². The van der Waals surface area contributed by atoms with Crippen LogP contribution in [0, 0.1) is 0 Å². The number of fused-ring (bicyclic) bond motifs is 1. The van der Waals surface area contributed by atoms with E-state index < -0.39 is 6.10 Å². The maximum Gasteiger partial charge on any atom is 0.269 e. The molecule has 1 aliphatic rings. The SMILES string of the molecule is CC1Oc2ccc(N)nc2N(Cc2ccc(Cl)cc2Cl)C1=O. The highest BCUT2D eigenvalue weighted by atomic mass is 35.5. The molecule has 2 aromatic rings. The Kier molecular flexibility index (Phi) is 3.85. The van der Waals surface area contributed by atoms with Crippen LogP contribution in [0.1, 0.15) is 12.5 Å². The molecular formula is C15H13Cl2N3O2. The summed E-state index contributed by atoms with van der Waals surface area (Å²) >= 11 is 12.1. The van der Waals surface area contributed by atoms with Crippen molar-refractivity contribution in [2.75, 3.05) is 10.6 Å². The molecule has 0 radical (unpaired) electrons. The second kappa shape index (κ2) is 5.66. The van der Waals surface area contributed by atoms with Gasteiger partial charge >= 0.3 is 0 Å². The van der Waals surface area contributed by atoms with Gasteiger partial charge in [-0.2, -0.15) is 0 Å². The summed E-state index contributed by atoms with van der Waals surface area (Å²) in [6, 6.07) is 8.49. The van der Waals surface area contributed by atoms with E-state index >= 15 is 0 Å². The second-order valence-corrected chi connectivity index (χ2v) is 5.82. The van der Waals surface area contributed by atoms with Crippen LogP contribution in [0.4, 0.5) is 11.6 Å². The van der Waals surface area contributed by atoms with Crippen molar-refractivity contribution in [3.05, 3.63) is 45.9 Å². The van der Waals surface area contributed by atoms with Crippen molar-refractivity contribution in [3.8, 4) is 5.75 Å². The number of pyridine rings is 1. The maximum absolute atomic E-state index is 12.4. The zero-order valence-electron chi connectivity index (χ0n) is 11.7. The third kappa shape index (κ3) is 2.69. The number of rotatable bonds is 2. The summed E-state index contributed by atoms with van der Waals surface area (Å²) in [5.41, 5.74) is 6.49. The first-order valence-corrected chi connectivity index (χ1v) is 7.40. The van der Waals surface area contributed by atoms with Crippen molar-refractivity contribution in [1.82, 2.24) is 4.98 Å². The molecule has 22 heavy (non-hydrogen) atoms. The van der Waals surface area contributed by atoms with E-state index in [0.717, 1.165) is 5.56 Å². The molecule has 2 N–H and O–H groups in total. The van der Waals surface area contributed by atoms with Gasteiger partial charge < -0.3 is 10.5 Å². The molecule has 1 unspecified atom stereocenters. The van der Waals surface area contributed by atoms with E-state index in [1.807, 2.05) is 0 Å². The van der Waals surface area contributed by atoms with Gasteiger partial charge in [-0.25, -0.2) is 4.98 Å². The summed E-state index contributed by atoms with van der Waals surface area (Å²) in [7, 11) is 0. The van der Waals surface area contributed by atoms with E-state index in [9.17, 15) is 4.79 Å². The number of benzene rings is 1. The quantitative estimate of drug-likeness (QED) is 0.912. The monoisotopic (exact) mass is 337 g/mol. The second-order valence-electron chi connectivity index (χ2n) is 4.98. The lowest BCUT2D eigenvalue weighted by Crippen LogP contribution is -2.44. The summed E-state index contributed by atoms with van der Waals surface area (Å²) in [6.07, 6.45) is -0.594. The molecule has 0 aliphatic carbocycles. The molecule has 0 saturated heterocycles. The lowest BCUT2D eigenvalue weighted by molar-refractivity contribution is -0.125. The van der Waals surface area contributed by atoms with Crippen LogP contribution >= 0.6 is 23.2 Å². The zero-order chi connectivity index (χ0) is 15.9. The number of aromatic nitrogens is 1. The van der Waals surface area contributed by atoms with Gasteiger partial charge in [-0.3, -0.25) is 9.69 Å². The molecule has 0 spiro atoms. The van der Waals surface area contributed by atoms with Crippen molar-refractivity contribution < 1.29 is 9.53 Å². The first-order chi connectivity index (χ1) is 10.5. The van der Waals surface area contributed by atoms with Gasteiger partial charge in [-0.15, -0.1) is 0 Å². The van der Waals surface area contributed by atoms with Crippen LogP contribution in [0.15, 0.2) is 30.3 Å². The molecule has 5 nitrogen and oxygen atoms in total. The average molecular weight is 338 g/mol. The number of anilines is 2. The number of carbonyl (C=O) groups excluding carboxylic acids is 1. The minimum absolute atomic E-state index is 0.198. The summed E-state index contributed by atoms with van der Waals surface area (Å²) in [4.78, 5) is 18.2. The van der Waals surface area contributed by atoms with Gasteiger partial charge in [-0.1, -0.05) is 29.3 Å². The molecule has 3 rings (SSSR count). The summed E-state index contributed by atoms with van der Waals surface area (Å²) in [6.45, 7) is 1.96. The topological polar surface area (TPSA) is 68.5 Å². The minimum atomic E-state index is -0.594. The molecule has 1 aliphatic heterocycles. The number of amides is 1. The summed E-state index contributed by atoms with van der Waals surface area (Å²) in [5, 5.41) is 1.03. The van der Waals surface area contributed by atoms with Crippen LogP contribution in [0.5, 0.6) is 5.75 Å². The van der Waals surface area contributed by atoms with E-state index in [1.54, 1.807) is 37.3 Å². The van der Waals surface area contributed by atoms with Crippen molar-refractivity contribution in [1.29, 1.82) is 0 Å². The van der Waals surface area contributed by atoms with Gasteiger partial charge in [0.15, 0.2) is 17.7 Å². The van der Waals surface area contributed by atoms with Crippen molar-refractivity contribution in [2.45, 2.75) is 19.6 Å². The molecule has 0 saturated carbocycles.